The molecule has 3 aromatic rings. The molecule has 1 aliphatic rings. The van der Waals surface area contributed by atoms with E-state index in [1.807, 2.05) is 18.5 Å². The molecule has 6 heteroatoms. The van der Waals surface area contributed by atoms with Crippen LogP contribution in [0.1, 0.15) is 41.5 Å². The zero-order valence-corrected chi connectivity index (χ0v) is 17.7. The molecule has 29 heavy (non-hydrogen) atoms. The molecule has 2 N–H and O–H groups in total. The molecule has 4 rings (SSSR count). The summed E-state index contributed by atoms with van der Waals surface area (Å²) in [6, 6.07) is 12.9. The first-order valence-electron chi connectivity index (χ1n) is 10.3. The van der Waals surface area contributed by atoms with E-state index in [-0.39, 0.29) is 5.91 Å². The van der Waals surface area contributed by atoms with Crippen molar-refractivity contribution in [3.05, 3.63) is 65.2 Å². The van der Waals surface area contributed by atoms with Crippen molar-refractivity contribution < 1.29 is 9.69 Å². The number of quaternary nitrogens is 1. The Morgan fingerprint density at radius 2 is 1.97 bits per heavy atom. The number of rotatable bonds is 5. The zero-order chi connectivity index (χ0) is 20.5. The normalized spacial score (nSPS) is 18.9. The van der Waals surface area contributed by atoms with Gasteiger partial charge < -0.3 is 14.8 Å². The smallest absolute Gasteiger partial charge is 0.279 e. The minimum atomic E-state index is 0.0516. The van der Waals surface area contributed by atoms with Crippen LogP contribution < -0.4 is 10.2 Å². The quantitative estimate of drug-likeness (QED) is 0.701. The third kappa shape index (κ3) is 3.85. The predicted octanol–water partition coefficient (Wildman–Crippen LogP) is 2.49. The Kier molecular flexibility index (Phi) is 5.28. The lowest BCUT2D eigenvalue weighted by molar-refractivity contribution is -0.910. The molecule has 0 saturated carbocycles. The van der Waals surface area contributed by atoms with Crippen molar-refractivity contribution in [3.8, 4) is 5.69 Å². The highest BCUT2D eigenvalue weighted by atomic mass is 16.2. The van der Waals surface area contributed by atoms with E-state index in [0.717, 1.165) is 42.1 Å². The molecule has 1 saturated heterocycles. The number of carbonyl (C=O) groups excluding carboxylic acids is 1. The first kappa shape index (κ1) is 19.5. The molecule has 2 atom stereocenters. The molecule has 1 amide bonds. The molecule has 0 aliphatic carbocycles. The molecular weight excluding hydrogens is 362 g/mol. The number of amides is 1. The lowest BCUT2D eigenvalue weighted by atomic mass is 10.1. The topological polar surface area (TPSA) is 56.3 Å². The maximum atomic E-state index is 12.9. The van der Waals surface area contributed by atoms with Crippen LogP contribution >= 0.6 is 0 Å². The maximum Gasteiger partial charge on any atom is 0.279 e. The standard InChI is InChI=1S/C23H29N5O/c1-16-9-11-19(12-10-16)28-18(3)23(17(2)25-28)24-22(29)15-27-14-6-8-21(27)20-7-5-13-26(20)4/h5,7,9-13,21H,6,8,14-15H2,1-4H3,(H,24,29)/p+1/t21-/m1/s1. The molecule has 2 aromatic heterocycles. The van der Waals surface area contributed by atoms with Crippen molar-refractivity contribution in [2.45, 2.75) is 39.7 Å². The third-order valence-corrected chi connectivity index (χ3v) is 6.05. The monoisotopic (exact) mass is 392 g/mol. The summed E-state index contributed by atoms with van der Waals surface area (Å²) in [4.78, 5) is 14.2. The van der Waals surface area contributed by atoms with Gasteiger partial charge in [-0.05, 0) is 45.0 Å². The first-order valence-corrected chi connectivity index (χ1v) is 10.3. The van der Waals surface area contributed by atoms with Crippen molar-refractivity contribution in [3.63, 3.8) is 0 Å². The van der Waals surface area contributed by atoms with E-state index in [1.165, 1.54) is 16.2 Å². The van der Waals surface area contributed by atoms with E-state index in [0.29, 0.717) is 12.6 Å². The summed E-state index contributed by atoms with van der Waals surface area (Å²) in [5, 5.41) is 7.79. The van der Waals surface area contributed by atoms with Gasteiger partial charge in [-0.15, -0.1) is 0 Å². The van der Waals surface area contributed by atoms with E-state index < -0.39 is 0 Å². The van der Waals surface area contributed by atoms with Crippen LogP contribution in [0.4, 0.5) is 5.69 Å². The molecular formula is C23H30N5O+. The van der Waals surface area contributed by atoms with Crippen LogP contribution in [0.2, 0.25) is 0 Å². The molecule has 0 spiro atoms. The number of aryl methyl sites for hydroxylation is 3. The Labute approximate surface area is 172 Å². The fourth-order valence-electron chi connectivity index (χ4n) is 4.47. The van der Waals surface area contributed by atoms with Gasteiger partial charge in [0.25, 0.3) is 5.91 Å². The second kappa shape index (κ2) is 7.87. The average Bonchev–Trinajstić information content (AvgIpc) is 3.38. The van der Waals surface area contributed by atoms with Crippen molar-refractivity contribution in [2.24, 2.45) is 7.05 Å². The van der Waals surface area contributed by atoms with Crippen LogP contribution in [0, 0.1) is 20.8 Å². The van der Waals surface area contributed by atoms with Crippen molar-refractivity contribution >= 4 is 11.6 Å². The molecule has 1 fully saturated rings. The highest BCUT2D eigenvalue weighted by Gasteiger charge is 2.33. The fraction of sp³-hybridized carbons (Fsp3) is 0.391. The van der Waals surface area contributed by atoms with Crippen LogP contribution in [-0.2, 0) is 11.8 Å². The fourth-order valence-corrected chi connectivity index (χ4v) is 4.47. The van der Waals surface area contributed by atoms with Crippen molar-refractivity contribution in [1.29, 1.82) is 0 Å². The number of nitrogens with one attached hydrogen (secondary N) is 2. The molecule has 6 nitrogen and oxygen atoms in total. The third-order valence-electron chi connectivity index (χ3n) is 6.05. The van der Waals surface area contributed by atoms with Crippen LogP contribution in [0.3, 0.4) is 0 Å². The SMILES string of the molecule is Cc1ccc(-n2nc(C)c(NC(=O)C[NH+]3CCC[C@@H]3c3cccn3C)c2C)cc1. The highest BCUT2D eigenvalue weighted by molar-refractivity contribution is 5.92. The van der Waals surface area contributed by atoms with Crippen LogP contribution in [-0.4, -0.2) is 33.3 Å². The minimum Gasteiger partial charge on any atom is -0.350 e. The van der Waals surface area contributed by atoms with Gasteiger partial charge >= 0.3 is 0 Å². The summed E-state index contributed by atoms with van der Waals surface area (Å²) in [6.45, 7) is 7.53. The molecule has 0 bridgehead atoms. The number of aromatic nitrogens is 3. The van der Waals surface area contributed by atoms with Gasteiger partial charge in [0.2, 0.25) is 0 Å². The van der Waals surface area contributed by atoms with Crippen LogP contribution in [0.25, 0.3) is 5.69 Å². The van der Waals surface area contributed by atoms with Gasteiger partial charge in [0.15, 0.2) is 6.54 Å². The molecule has 1 aliphatic heterocycles. The van der Waals surface area contributed by atoms with Gasteiger partial charge in [0, 0.05) is 26.1 Å². The second-order valence-electron chi connectivity index (χ2n) is 8.17. The van der Waals surface area contributed by atoms with E-state index in [1.54, 1.807) is 0 Å². The summed E-state index contributed by atoms with van der Waals surface area (Å²) in [7, 11) is 2.08. The number of likely N-dealkylation sites (tertiary alicyclic amines) is 1. The highest BCUT2D eigenvalue weighted by Crippen LogP contribution is 2.23. The molecule has 152 valence electrons. The van der Waals surface area contributed by atoms with Crippen molar-refractivity contribution in [1.82, 2.24) is 14.3 Å². The summed E-state index contributed by atoms with van der Waals surface area (Å²) >= 11 is 0. The van der Waals surface area contributed by atoms with E-state index in [4.69, 9.17) is 0 Å². The number of carbonyl (C=O) groups is 1. The van der Waals surface area contributed by atoms with Gasteiger partial charge in [-0.1, -0.05) is 17.7 Å². The Morgan fingerprint density at radius 3 is 2.66 bits per heavy atom. The molecule has 1 aromatic carbocycles. The molecule has 1 unspecified atom stereocenters. The molecule has 0 radical (unpaired) electrons. The number of hydrogen-bond donors (Lipinski definition) is 2. The number of hydrogen-bond acceptors (Lipinski definition) is 2. The number of nitrogens with zero attached hydrogens (tertiary/aromatic N) is 3. The largest absolute Gasteiger partial charge is 0.350 e. The van der Waals surface area contributed by atoms with Crippen molar-refractivity contribution in [2.75, 3.05) is 18.4 Å². The Morgan fingerprint density at radius 1 is 1.21 bits per heavy atom. The van der Waals surface area contributed by atoms with Gasteiger partial charge in [0.05, 0.1) is 35.0 Å². The number of anilines is 1. The van der Waals surface area contributed by atoms with Crippen LogP contribution in [0.5, 0.6) is 0 Å². The van der Waals surface area contributed by atoms with E-state index >= 15 is 0 Å². The Bertz CT molecular complexity index is 1010. The lowest BCUT2D eigenvalue weighted by Crippen LogP contribution is -3.11. The zero-order valence-electron chi connectivity index (χ0n) is 17.7. The van der Waals surface area contributed by atoms with E-state index in [9.17, 15) is 4.79 Å². The number of benzene rings is 1. The minimum absolute atomic E-state index is 0.0516. The Balaban J connectivity index is 1.49. The molecule has 3 heterocycles. The maximum absolute atomic E-state index is 12.9. The van der Waals surface area contributed by atoms with Crippen LogP contribution in [0.15, 0.2) is 42.6 Å². The van der Waals surface area contributed by atoms with Gasteiger partial charge in [0.1, 0.15) is 6.04 Å². The van der Waals surface area contributed by atoms with E-state index in [2.05, 4.69) is 71.5 Å². The van der Waals surface area contributed by atoms with Gasteiger partial charge in [-0.3, -0.25) is 4.79 Å². The summed E-state index contributed by atoms with van der Waals surface area (Å²) in [6.07, 6.45) is 4.36. The lowest BCUT2D eigenvalue weighted by Gasteiger charge is -2.21. The van der Waals surface area contributed by atoms with Gasteiger partial charge in [-0.25, -0.2) is 4.68 Å². The average molecular weight is 393 g/mol. The first-order chi connectivity index (χ1) is 13.9. The predicted molar refractivity (Wildman–Crippen MR) is 114 cm³/mol. The summed E-state index contributed by atoms with van der Waals surface area (Å²) in [5.41, 5.74) is 6.15. The Hall–Kier alpha value is -2.86. The summed E-state index contributed by atoms with van der Waals surface area (Å²) < 4.78 is 4.08. The second-order valence-corrected chi connectivity index (χ2v) is 8.17. The summed E-state index contributed by atoms with van der Waals surface area (Å²) in [5.74, 6) is 0.0516. The van der Waals surface area contributed by atoms with Gasteiger partial charge in [-0.2, -0.15) is 5.10 Å².